The normalized spacial score (nSPS) is 20.4. The zero-order valence-electron chi connectivity index (χ0n) is 12.5. The van der Waals surface area contributed by atoms with Crippen molar-refractivity contribution in [2.75, 3.05) is 20.2 Å². The van der Waals surface area contributed by atoms with Gasteiger partial charge in [-0.1, -0.05) is 0 Å². The van der Waals surface area contributed by atoms with Crippen molar-refractivity contribution in [3.8, 4) is 5.75 Å². The summed E-state index contributed by atoms with van der Waals surface area (Å²) in [5.41, 5.74) is 5.51. The molecule has 0 aromatic heterocycles. The Kier molecular flexibility index (Phi) is 6.13. The second-order valence-corrected chi connectivity index (χ2v) is 5.28. The van der Waals surface area contributed by atoms with Crippen molar-refractivity contribution in [1.82, 2.24) is 4.90 Å². The highest BCUT2D eigenvalue weighted by atomic mass is 35.5. The minimum Gasteiger partial charge on any atom is -0.497 e. The van der Waals surface area contributed by atoms with E-state index in [9.17, 15) is 14.9 Å². The number of rotatable bonds is 4. The van der Waals surface area contributed by atoms with Gasteiger partial charge in [0.2, 0.25) is 0 Å². The lowest BCUT2D eigenvalue weighted by Gasteiger charge is -2.21. The Bertz CT molecular complexity index is 567. The van der Waals surface area contributed by atoms with Crippen molar-refractivity contribution < 1.29 is 14.5 Å². The number of methoxy groups -OCH3 is 1. The topological polar surface area (TPSA) is 98.7 Å². The Morgan fingerprint density at radius 2 is 2.23 bits per heavy atom. The molecule has 2 N–H and O–H groups in total. The number of likely N-dealkylation sites (tertiary alicyclic amines) is 1. The first-order valence-electron chi connectivity index (χ1n) is 6.81. The molecule has 0 bridgehead atoms. The van der Waals surface area contributed by atoms with Crippen molar-refractivity contribution in [2.24, 2.45) is 11.7 Å². The molecule has 1 aromatic carbocycles. The summed E-state index contributed by atoms with van der Waals surface area (Å²) in [6, 6.07) is 4.22. The van der Waals surface area contributed by atoms with Crippen LogP contribution < -0.4 is 10.5 Å². The number of benzene rings is 1. The van der Waals surface area contributed by atoms with Crippen LogP contribution in [0.2, 0.25) is 0 Å². The summed E-state index contributed by atoms with van der Waals surface area (Å²) in [7, 11) is 1.46. The predicted molar refractivity (Wildman–Crippen MR) is 84.6 cm³/mol. The van der Waals surface area contributed by atoms with Crippen LogP contribution in [0, 0.1) is 16.0 Å². The largest absolute Gasteiger partial charge is 0.497 e. The first-order valence-corrected chi connectivity index (χ1v) is 6.81. The number of hydrogen-bond donors (Lipinski definition) is 1. The highest BCUT2D eigenvalue weighted by Crippen LogP contribution is 2.29. The zero-order chi connectivity index (χ0) is 15.6. The third kappa shape index (κ3) is 3.48. The highest BCUT2D eigenvalue weighted by molar-refractivity contribution is 5.99. The molecule has 2 atom stereocenters. The molecule has 7 nitrogen and oxygen atoms in total. The van der Waals surface area contributed by atoms with Crippen LogP contribution >= 0.6 is 12.4 Å². The van der Waals surface area contributed by atoms with Gasteiger partial charge < -0.3 is 15.4 Å². The maximum Gasteiger partial charge on any atom is 0.282 e. The Labute approximate surface area is 135 Å². The molecule has 122 valence electrons. The lowest BCUT2D eigenvalue weighted by atomic mass is 10.1. The van der Waals surface area contributed by atoms with Crippen LogP contribution in [0.1, 0.15) is 23.7 Å². The number of nitro benzene ring substituents is 1. The van der Waals surface area contributed by atoms with Crippen molar-refractivity contribution in [2.45, 2.75) is 19.4 Å². The maximum atomic E-state index is 12.6. The molecular formula is C14H20ClN3O4. The number of amides is 1. The summed E-state index contributed by atoms with van der Waals surface area (Å²) in [6.07, 6.45) is 0.819. The molecule has 0 spiro atoms. The van der Waals surface area contributed by atoms with Gasteiger partial charge in [0.15, 0.2) is 0 Å². The number of ether oxygens (including phenoxy) is 1. The number of carbonyl (C=O) groups excluding carboxylic acids is 1. The standard InChI is InChI=1S/C14H19N3O4.ClH/c1-9-5-10(7-15)8-16(9)14(18)12-6-11(21-2)3-4-13(12)17(19)20;/h3-4,6,9-10H,5,7-8,15H2,1-2H3;1H. The summed E-state index contributed by atoms with van der Waals surface area (Å²) in [5.74, 6) is 0.323. The van der Waals surface area contributed by atoms with Crippen LogP contribution in [-0.4, -0.2) is 42.0 Å². The van der Waals surface area contributed by atoms with Crippen LogP contribution in [0.3, 0.4) is 0 Å². The number of nitro groups is 1. The first kappa shape index (κ1) is 18.2. The molecular weight excluding hydrogens is 310 g/mol. The first-order chi connectivity index (χ1) is 9.97. The lowest BCUT2D eigenvalue weighted by Crippen LogP contribution is -2.34. The van der Waals surface area contributed by atoms with E-state index in [0.29, 0.717) is 18.8 Å². The lowest BCUT2D eigenvalue weighted by molar-refractivity contribution is -0.385. The molecule has 1 fully saturated rings. The zero-order valence-corrected chi connectivity index (χ0v) is 13.3. The molecule has 2 unspecified atom stereocenters. The van der Waals surface area contributed by atoms with E-state index in [0.717, 1.165) is 6.42 Å². The average Bonchev–Trinajstić information content (AvgIpc) is 2.86. The summed E-state index contributed by atoms with van der Waals surface area (Å²) in [5, 5.41) is 11.1. The third-order valence-corrected chi connectivity index (χ3v) is 3.89. The van der Waals surface area contributed by atoms with Gasteiger partial charge in [-0.2, -0.15) is 0 Å². The Morgan fingerprint density at radius 3 is 2.73 bits per heavy atom. The summed E-state index contributed by atoms with van der Waals surface area (Å²) < 4.78 is 5.06. The van der Waals surface area contributed by atoms with Gasteiger partial charge in [0, 0.05) is 18.7 Å². The van der Waals surface area contributed by atoms with Gasteiger partial charge in [0.1, 0.15) is 11.3 Å². The molecule has 22 heavy (non-hydrogen) atoms. The maximum absolute atomic E-state index is 12.6. The summed E-state index contributed by atoms with van der Waals surface area (Å²) in [6.45, 7) is 2.97. The van der Waals surface area contributed by atoms with Gasteiger partial charge in [0.05, 0.1) is 12.0 Å². The van der Waals surface area contributed by atoms with E-state index in [1.807, 2.05) is 6.92 Å². The van der Waals surface area contributed by atoms with E-state index < -0.39 is 4.92 Å². The minimum atomic E-state index is -0.548. The summed E-state index contributed by atoms with van der Waals surface area (Å²) in [4.78, 5) is 24.9. The van der Waals surface area contributed by atoms with Crippen LogP contribution in [0.25, 0.3) is 0 Å². The molecule has 1 aliphatic heterocycles. The molecule has 0 saturated carbocycles. The SMILES string of the molecule is COc1ccc([N+](=O)[O-])c(C(=O)N2CC(CN)CC2C)c1.Cl. The van der Waals surface area contributed by atoms with E-state index in [1.165, 1.54) is 25.3 Å². The average molecular weight is 330 g/mol. The number of nitrogens with two attached hydrogens (primary N) is 1. The second kappa shape index (κ2) is 7.42. The van der Waals surface area contributed by atoms with Crippen LogP contribution in [0.4, 0.5) is 5.69 Å². The molecule has 0 aliphatic carbocycles. The molecule has 8 heteroatoms. The monoisotopic (exact) mass is 329 g/mol. The second-order valence-electron chi connectivity index (χ2n) is 5.28. The summed E-state index contributed by atoms with van der Waals surface area (Å²) >= 11 is 0. The van der Waals surface area contributed by atoms with Crippen LogP contribution in [-0.2, 0) is 0 Å². The van der Waals surface area contributed by atoms with Gasteiger partial charge in [-0.05, 0) is 37.9 Å². The fourth-order valence-electron chi connectivity index (χ4n) is 2.72. The quantitative estimate of drug-likeness (QED) is 0.671. The molecule has 1 amide bonds. The predicted octanol–water partition coefficient (Wildman–Crippen LogP) is 1.83. The number of halogens is 1. The van der Waals surface area contributed by atoms with E-state index in [2.05, 4.69) is 0 Å². The van der Waals surface area contributed by atoms with E-state index in [1.54, 1.807) is 4.90 Å². The smallest absolute Gasteiger partial charge is 0.282 e. The molecule has 1 heterocycles. The van der Waals surface area contributed by atoms with E-state index in [-0.39, 0.29) is 41.5 Å². The Balaban J connectivity index is 0.00000242. The van der Waals surface area contributed by atoms with Crippen molar-refractivity contribution in [3.05, 3.63) is 33.9 Å². The van der Waals surface area contributed by atoms with Gasteiger partial charge in [0.25, 0.3) is 11.6 Å². The van der Waals surface area contributed by atoms with Gasteiger partial charge in [-0.3, -0.25) is 14.9 Å². The van der Waals surface area contributed by atoms with Gasteiger partial charge in [-0.25, -0.2) is 0 Å². The van der Waals surface area contributed by atoms with Crippen molar-refractivity contribution in [3.63, 3.8) is 0 Å². The Hall–Kier alpha value is -1.86. The Morgan fingerprint density at radius 1 is 1.55 bits per heavy atom. The fourth-order valence-corrected chi connectivity index (χ4v) is 2.72. The fraction of sp³-hybridized carbons (Fsp3) is 0.500. The molecule has 2 rings (SSSR count). The van der Waals surface area contributed by atoms with Crippen LogP contribution in [0.15, 0.2) is 18.2 Å². The highest BCUT2D eigenvalue weighted by Gasteiger charge is 2.35. The molecule has 1 aliphatic rings. The van der Waals surface area contributed by atoms with Gasteiger partial charge in [-0.15, -0.1) is 12.4 Å². The molecule has 1 saturated heterocycles. The van der Waals surface area contributed by atoms with E-state index in [4.69, 9.17) is 10.5 Å². The van der Waals surface area contributed by atoms with E-state index >= 15 is 0 Å². The number of hydrogen-bond acceptors (Lipinski definition) is 5. The minimum absolute atomic E-state index is 0. The van der Waals surface area contributed by atoms with Gasteiger partial charge >= 0.3 is 0 Å². The van der Waals surface area contributed by atoms with Crippen molar-refractivity contribution >= 4 is 24.0 Å². The molecule has 0 radical (unpaired) electrons. The van der Waals surface area contributed by atoms with Crippen molar-refractivity contribution in [1.29, 1.82) is 0 Å². The molecule has 1 aromatic rings. The third-order valence-electron chi connectivity index (χ3n) is 3.89. The van der Waals surface area contributed by atoms with Crippen LogP contribution in [0.5, 0.6) is 5.75 Å². The number of nitrogens with zero attached hydrogens (tertiary/aromatic N) is 2. The number of carbonyl (C=O) groups is 1.